The fraction of sp³-hybridized carbons (Fsp3) is 0.733. The second-order valence-corrected chi connectivity index (χ2v) is 6.30. The minimum absolute atomic E-state index is 0.111. The average Bonchev–Trinajstić information content (AvgIpc) is 2.93. The maximum atomic E-state index is 9.58. The van der Waals surface area contributed by atoms with Crippen molar-refractivity contribution in [3.05, 3.63) is 17.0 Å². The van der Waals surface area contributed by atoms with Crippen molar-refractivity contribution in [1.29, 1.82) is 0 Å². The highest BCUT2D eigenvalue weighted by Gasteiger charge is 2.26. The highest BCUT2D eigenvalue weighted by atomic mass is 35.5. The molecule has 0 unspecified atom stereocenters. The predicted octanol–water partition coefficient (Wildman–Crippen LogP) is 3.42. The van der Waals surface area contributed by atoms with Gasteiger partial charge in [-0.1, -0.05) is 38.3 Å². The second-order valence-electron chi connectivity index (χ2n) is 5.94. The maximum absolute atomic E-state index is 9.58. The van der Waals surface area contributed by atoms with Crippen molar-refractivity contribution in [2.45, 2.75) is 58.6 Å². The van der Waals surface area contributed by atoms with Crippen LogP contribution in [0.3, 0.4) is 0 Å². The number of rotatable bonds is 6. The van der Waals surface area contributed by atoms with E-state index in [-0.39, 0.29) is 6.61 Å². The summed E-state index contributed by atoms with van der Waals surface area (Å²) in [7, 11) is 0. The van der Waals surface area contributed by atoms with Crippen molar-refractivity contribution in [3.8, 4) is 0 Å². The Bertz CT molecular complexity index is 433. The molecule has 0 amide bonds. The van der Waals surface area contributed by atoms with Gasteiger partial charge in [-0.15, -0.1) is 0 Å². The Kier molecular flexibility index (Phi) is 5.61. The first-order valence-corrected chi connectivity index (χ1v) is 7.88. The summed E-state index contributed by atoms with van der Waals surface area (Å²) in [5.41, 5.74) is 0.657. The van der Waals surface area contributed by atoms with E-state index >= 15 is 0 Å². The third-order valence-corrected chi connectivity index (χ3v) is 4.34. The van der Waals surface area contributed by atoms with E-state index in [1.165, 1.54) is 32.0 Å². The van der Waals surface area contributed by atoms with E-state index in [4.69, 9.17) is 11.6 Å². The Morgan fingerprint density at radius 2 is 2.05 bits per heavy atom. The molecule has 0 aromatic carbocycles. The molecule has 1 aromatic heterocycles. The van der Waals surface area contributed by atoms with Crippen LogP contribution in [-0.2, 0) is 6.61 Å². The summed E-state index contributed by atoms with van der Waals surface area (Å²) in [5, 5.41) is 9.94. The van der Waals surface area contributed by atoms with E-state index in [0.717, 1.165) is 18.8 Å². The van der Waals surface area contributed by atoms with Gasteiger partial charge in [0.25, 0.3) is 0 Å². The van der Waals surface area contributed by atoms with E-state index < -0.39 is 0 Å². The Morgan fingerprint density at radius 1 is 1.35 bits per heavy atom. The van der Waals surface area contributed by atoms with Crippen molar-refractivity contribution in [2.24, 2.45) is 5.92 Å². The molecule has 0 radical (unpaired) electrons. The summed E-state index contributed by atoms with van der Waals surface area (Å²) in [6, 6.07) is 0.519. The van der Waals surface area contributed by atoms with Gasteiger partial charge >= 0.3 is 0 Å². The smallest absolute Gasteiger partial charge is 0.140 e. The molecule has 112 valence electrons. The van der Waals surface area contributed by atoms with Gasteiger partial charge in [0.05, 0.1) is 12.2 Å². The summed E-state index contributed by atoms with van der Waals surface area (Å²) in [5.74, 6) is 1.47. The molecule has 5 heteroatoms. The lowest BCUT2D eigenvalue weighted by atomic mass is 10.1. The predicted molar refractivity (Wildman–Crippen MR) is 82.0 cm³/mol. The first kappa shape index (κ1) is 15.5. The van der Waals surface area contributed by atoms with Crippen molar-refractivity contribution in [1.82, 2.24) is 9.97 Å². The minimum atomic E-state index is -0.111. The number of hydrogen-bond donors (Lipinski definition) is 1. The van der Waals surface area contributed by atoms with Crippen LogP contribution in [0, 0.1) is 5.92 Å². The SMILES string of the molecule is CC(C)CCN(c1ncnc(Cl)c1CO)C1CCCC1. The zero-order valence-corrected chi connectivity index (χ0v) is 13.1. The molecule has 1 heterocycles. The third kappa shape index (κ3) is 3.61. The van der Waals surface area contributed by atoms with Gasteiger partial charge in [0, 0.05) is 12.6 Å². The minimum Gasteiger partial charge on any atom is -0.391 e. The van der Waals surface area contributed by atoms with Gasteiger partial charge in [0.2, 0.25) is 0 Å². The standard InChI is InChI=1S/C15H24ClN3O/c1-11(2)7-8-19(12-5-3-4-6-12)15-13(9-20)14(16)17-10-18-15/h10-12,20H,3-9H2,1-2H3. The lowest BCUT2D eigenvalue weighted by Gasteiger charge is -2.32. The normalized spacial score (nSPS) is 16.1. The van der Waals surface area contributed by atoms with E-state index in [9.17, 15) is 5.11 Å². The van der Waals surface area contributed by atoms with Gasteiger partial charge in [-0.3, -0.25) is 0 Å². The number of nitrogens with zero attached hydrogens (tertiary/aromatic N) is 3. The first-order chi connectivity index (χ1) is 9.63. The van der Waals surface area contributed by atoms with Crippen LogP contribution in [-0.4, -0.2) is 27.7 Å². The maximum Gasteiger partial charge on any atom is 0.140 e. The second kappa shape index (κ2) is 7.23. The quantitative estimate of drug-likeness (QED) is 0.818. The van der Waals surface area contributed by atoms with Crippen LogP contribution in [0.25, 0.3) is 0 Å². The number of aromatic nitrogens is 2. The lowest BCUT2D eigenvalue weighted by Crippen LogP contribution is -2.36. The van der Waals surface area contributed by atoms with Gasteiger partial charge in [0.1, 0.15) is 17.3 Å². The average molecular weight is 298 g/mol. The van der Waals surface area contributed by atoms with Crippen molar-refractivity contribution < 1.29 is 5.11 Å². The molecular formula is C15H24ClN3O. The summed E-state index contributed by atoms with van der Waals surface area (Å²) < 4.78 is 0. The Hall–Kier alpha value is -0.870. The van der Waals surface area contributed by atoms with Crippen molar-refractivity contribution in [2.75, 3.05) is 11.4 Å². The van der Waals surface area contributed by atoms with Gasteiger partial charge in [0.15, 0.2) is 0 Å². The molecule has 4 nitrogen and oxygen atoms in total. The highest BCUT2D eigenvalue weighted by Crippen LogP contribution is 2.31. The van der Waals surface area contributed by atoms with Gasteiger partial charge in [-0.25, -0.2) is 9.97 Å². The molecule has 1 aliphatic rings. The molecular weight excluding hydrogens is 274 g/mol. The summed E-state index contributed by atoms with van der Waals surface area (Å²) >= 11 is 6.11. The fourth-order valence-electron chi connectivity index (χ4n) is 2.84. The van der Waals surface area contributed by atoms with Crippen LogP contribution in [0.15, 0.2) is 6.33 Å². The molecule has 0 saturated heterocycles. The molecule has 0 bridgehead atoms. The topological polar surface area (TPSA) is 49.2 Å². The molecule has 1 saturated carbocycles. The van der Waals surface area contributed by atoms with Crippen LogP contribution in [0.1, 0.15) is 51.5 Å². The molecule has 0 aliphatic heterocycles. The van der Waals surface area contributed by atoms with E-state index in [1.54, 1.807) is 0 Å². The van der Waals surface area contributed by atoms with Crippen LogP contribution in [0.2, 0.25) is 5.15 Å². The number of hydrogen-bond acceptors (Lipinski definition) is 4. The zero-order chi connectivity index (χ0) is 14.5. The Labute approximate surface area is 126 Å². The molecule has 20 heavy (non-hydrogen) atoms. The Balaban J connectivity index is 2.27. The highest BCUT2D eigenvalue weighted by molar-refractivity contribution is 6.30. The van der Waals surface area contributed by atoms with Gasteiger partial charge in [-0.05, 0) is 25.2 Å². The van der Waals surface area contributed by atoms with E-state index in [1.807, 2.05) is 0 Å². The summed E-state index contributed by atoms with van der Waals surface area (Å²) in [6.45, 7) is 5.31. The first-order valence-electron chi connectivity index (χ1n) is 7.50. The Morgan fingerprint density at radius 3 is 2.65 bits per heavy atom. The van der Waals surface area contributed by atoms with E-state index in [0.29, 0.717) is 22.7 Å². The molecule has 1 N–H and O–H groups in total. The molecule has 1 aromatic rings. The monoisotopic (exact) mass is 297 g/mol. The lowest BCUT2D eigenvalue weighted by molar-refractivity contribution is 0.281. The molecule has 0 spiro atoms. The van der Waals surface area contributed by atoms with Crippen LogP contribution < -0.4 is 4.90 Å². The van der Waals surface area contributed by atoms with Crippen molar-refractivity contribution >= 4 is 17.4 Å². The molecule has 1 fully saturated rings. The van der Waals surface area contributed by atoms with Gasteiger partial charge in [-0.2, -0.15) is 0 Å². The van der Waals surface area contributed by atoms with Gasteiger partial charge < -0.3 is 10.0 Å². The van der Waals surface area contributed by atoms with Crippen LogP contribution in [0.4, 0.5) is 5.82 Å². The number of aliphatic hydroxyl groups is 1. The number of aliphatic hydroxyl groups excluding tert-OH is 1. The third-order valence-electron chi connectivity index (χ3n) is 4.01. The number of halogens is 1. The number of anilines is 1. The largest absolute Gasteiger partial charge is 0.391 e. The molecule has 0 atom stereocenters. The molecule has 2 rings (SSSR count). The summed E-state index contributed by atoms with van der Waals surface area (Å²) in [4.78, 5) is 10.7. The van der Waals surface area contributed by atoms with Crippen LogP contribution in [0.5, 0.6) is 0 Å². The van der Waals surface area contributed by atoms with Crippen molar-refractivity contribution in [3.63, 3.8) is 0 Å². The zero-order valence-electron chi connectivity index (χ0n) is 12.3. The summed E-state index contributed by atoms with van der Waals surface area (Å²) in [6.07, 6.45) is 7.55. The molecule has 1 aliphatic carbocycles. The van der Waals surface area contributed by atoms with E-state index in [2.05, 4.69) is 28.7 Å². The fourth-order valence-corrected chi connectivity index (χ4v) is 3.03. The van der Waals surface area contributed by atoms with Crippen LogP contribution >= 0.6 is 11.6 Å².